The molecule has 1 saturated heterocycles. The molecule has 0 radical (unpaired) electrons. The van der Waals surface area contributed by atoms with Crippen LogP contribution in [0.3, 0.4) is 0 Å². The summed E-state index contributed by atoms with van der Waals surface area (Å²) in [7, 11) is 0. The standard InChI is InChI=1S/C18H14F3N5O/c19-18(20,21)13-3-1-2-12(10-13)15-4-5-23-16-14(11-22)17(24-26(15)16)25-6-8-27-9-7-25/h1-5,10H,6-9H2. The molecular weight excluding hydrogens is 359 g/mol. The average Bonchev–Trinajstić information content (AvgIpc) is 3.07. The summed E-state index contributed by atoms with van der Waals surface area (Å²) < 4.78 is 46.0. The number of nitrogens with zero attached hydrogens (tertiary/aromatic N) is 5. The number of ether oxygens (including phenoxy) is 1. The molecule has 0 spiro atoms. The molecule has 1 aliphatic rings. The van der Waals surface area contributed by atoms with Crippen LogP contribution < -0.4 is 4.90 Å². The van der Waals surface area contributed by atoms with Crippen molar-refractivity contribution in [3.63, 3.8) is 0 Å². The minimum Gasteiger partial charge on any atom is -0.378 e. The second kappa shape index (κ2) is 6.55. The van der Waals surface area contributed by atoms with Crippen molar-refractivity contribution < 1.29 is 17.9 Å². The van der Waals surface area contributed by atoms with E-state index in [0.717, 1.165) is 12.1 Å². The van der Waals surface area contributed by atoms with Gasteiger partial charge in [-0.05, 0) is 18.2 Å². The van der Waals surface area contributed by atoms with E-state index in [1.54, 1.807) is 12.1 Å². The van der Waals surface area contributed by atoms with Gasteiger partial charge >= 0.3 is 6.18 Å². The molecule has 0 unspecified atom stereocenters. The van der Waals surface area contributed by atoms with Crippen LogP contribution in [0.4, 0.5) is 19.0 Å². The number of fused-ring (bicyclic) bond motifs is 1. The summed E-state index contributed by atoms with van der Waals surface area (Å²) in [5.41, 5.74) is 0.644. The number of hydrogen-bond acceptors (Lipinski definition) is 5. The molecule has 1 fully saturated rings. The van der Waals surface area contributed by atoms with Crippen molar-refractivity contribution in [3.8, 4) is 17.3 Å². The third-order valence-electron chi connectivity index (χ3n) is 4.41. The quantitative estimate of drug-likeness (QED) is 0.691. The summed E-state index contributed by atoms with van der Waals surface area (Å²) in [5, 5.41) is 14.1. The fraction of sp³-hybridized carbons (Fsp3) is 0.278. The van der Waals surface area contributed by atoms with E-state index >= 15 is 0 Å². The Labute approximate surface area is 152 Å². The molecule has 0 bridgehead atoms. The van der Waals surface area contributed by atoms with E-state index < -0.39 is 11.7 Å². The first kappa shape index (κ1) is 17.3. The van der Waals surface area contributed by atoms with Crippen molar-refractivity contribution in [2.75, 3.05) is 31.2 Å². The maximum atomic E-state index is 13.1. The van der Waals surface area contributed by atoms with Crippen LogP contribution in [-0.2, 0) is 10.9 Å². The summed E-state index contributed by atoms with van der Waals surface area (Å²) in [5.74, 6) is 0.465. The van der Waals surface area contributed by atoms with Gasteiger partial charge in [0.25, 0.3) is 0 Å². The van der Waals surface area contributed by atoms with Crippen LogP contribution in [0.25, 0.3) is 16.9 Å². The molecule has 27 heavy (non-hydrogen) atoms. The van der Waals surface area contributed by atoms with Crippen molar-refractivity contribution in [2.45, 2.75) is 6.18 Å². The van der Waals surface area contributed by atoms with E-state index in [1.165, 1.54) is 16.8 Å². The summed E-state index contributed by atoms with van der Waals surface area (Å²) in [4.78, 5) is 6.15. The van der Waals surface area contributed by atoms with Gasteiger partial charge in [-0.1, -0.05) is 12.1 Å². The fourth-order valence-corrected chi connectivity index (χ4v) is 3.10. The Morgan fingerprint density at radius 2 is 1.93 bits per heavy atom. The second-order valence-corrected chi connectivity index (χ2v) is 6.05. The molecule has 0 aliphatic carbocycles. The number of nitriles is 1. The van der Waals surface area contributed by atoms with Gasteiger partial charge in [-0.2, -0.15) is 18.4 Å². The minimum absolute atomic E-state index is 0.297. The van der Waals surface area contributed by atoms with Gasteiger partial charge in [0, 0.05) is 24.8 Å². The first-order chi connectivity index (χ1) is 13.0. The SMILES string of the molecule is N#Cc1c(N2CCOCC2)nn2c(-c3cccc(C(F)(F)F)c3)ccnc12. The van der Waals surface area contributed by atoms with Gasteiger partial charge in [0.05, 0.1) is 24.5 Å². The van der Waals surface area contributed by atoms with Crippen LogP contribution in [0, 0.1) is 11.3 Å². The van der Waals surface area contributed by atoms with Gasteiger partial charge in [-0.25, -0.2) is 9.50 Å². The lowest BCUT2D eigenvalue weighted by Crippen LogP contribution is -2.36. The largest absolute Gasteiger partial charge is 0.416 e. The first-order valence-electron chi connectivity index (χ1n) is 8.27. The van der Waals surface area contributed by atoms with Crippen molar-refractivity contribution >= 4 is 11.5 Å². The van der Waals surface area contributed by atoms with Gasteiger partial charge < -0.3 is 9.64 Å². The molecule has 0 saturated carbocycles. The van der Waals surface area contributed by atoms with Gasteiger partial charge in [0.1, 0.15) is 11.6 Å². The van der Waals surface area contributed by atoms with E-state index in [1.807, 2.05) is 4.90 Å². The molecule has 2 aromatic heterocycles. The molecule has 138 valence electrons. The number of hydrogen-bond donors (Lipinski definition) is 0. The van der Waals surface area contributed by atoms with Gasteiger partial charge in [-0.15, -0.1) is 5.10 Å². The Bertz CT molecular complexity index is 1030. The molecule has 9 heteroatoms. The van der Waals surface area contributed by atoms with Crippen molar-refractivity contribution in [1.29, 1.82) is 5.26 Å². The monoisotopic (exact) mass is 373 g/mol. The number of rotatable bonds is 2. The zero-order valence-electron chi connectivity index (χ0n) is 14.1. The fourth-order valence-electron chi connectivity index (χ4n) is 3.10. The molecule has 1 aliphatic heterocycles. The lowest BCUT2D eigenvalue weighted by atomic mass is 10.1. The molecule has 3 heterocycles. The van der Waals surface area contributed by atoms with E-state index in [4.69, 9.17) is 4.74 Å². The molecule has 4 rings (SSSR count). The summed E-state index contributed by atoms with van der Waals surface area (Å²) in [6.07, 6.45) is -2.97. The first-order valence-corrected chi connectivity index (χ1v) is 8.27. The smallest absolute Gasteiger partial charge is 0.378 e. The highest BCUT2D eigenvalue weighted by Crippen LogP contribution is 2.33. The Morgan fingerprint density at radius 3 is 2.63 bits per heavy atom. The molecule has 0 amide bonds. The van der Waals surface area contributed by atoms with Crippen molar-refractivity contribution in [3.05, 3.63) is 47.7 Å². The number of benzene rings is 1. The number of alkyl halides is 3. The van der Waals surface area contributed by atoms with Crippen LogP contribution >= 0.6 is 0 Å². The lowest BCUT2D eigenvalue weighted by molar-refractivity contribution is -0.137. The summed E-state index contributed by atoms with van der Waals surface area (Å²) in [6.45, 7) is 2.20. The van der Waals surface area contributed by atoms with Crippen molar-refractivity contribution in [2.24, 2.45) is 0 Å². The van der Waals surface area contributed by atoms with E-state index in [0.29, 0.717) is 54.6 Å². The van der Waals surface area contributed by atoms with Crippen LogP contribution in [0.5, 0.6) is 0 Å². The van der Waals surface area contributed by atoms with Crippen molar-refractivity contribution in [1.82, 2.24) is 14.6 Å². The van der Waals surface area contributed by atoms with E-state index in [-0.39, 0.29) is 0 Å². The third-order valence-corrected chi connectivity index (χ3v) is 4.41. The molecule has 0 atom stereocenters. The Balaban J connectivity index is 1.88. The van der Waals surface area contributed by atoms with E-state index in [2.05, 4.69) is 16.2 Å². The average molecular weight is 373 g/mol. The molecular formula is C18H14F3N5O. The minimum atomic E-state index is -4.44. The number of halogens is 3. The topological polar surface area (TPSA) is 66.5 Å². The highest BCUT2D eigenvalue weighted by Gasteiger charge is 2.31. The predicted octanol–water partition coefficient (Wildman–Crippen LogP) is 3.12. The Kier molecular flexibility index (Phi) is 4.20. The van der Waals surface area contributed by atoms with Gasteiger partial charge in [0.15, 0.2) is 11.5 Å². The molecule has 0 N–H and O–H groups in total. The number of anilines is 1. The maximum absolute atomic E-state index is 13.1. The van der Waals surface area contributed by atoms with Crippen LogP contribution in [-0.4, -0.2) is 40.9 Å². The van der Waals surface area contributed by atoms with Gasteiger partial charge in [0.2, 0.25) is 0 Å². The highest BCUT2D eigenvalue weighted by molar-refractivity contribution is 5.73. The zero-order chi connectivity index (χ0) is 19.0. The molecule has 6 nitrogen and oxygen atoms in total. The van der Waals surface area contributed by atoms with Crippen LogP contribution in [0.15, 0.2) is 36.5 Å². The molecule has 1 aromatic carbocycles. The predicted molar refractivity (Wildman–Crippen MR) is 91.2 cm³/mol. The van der Waals surface area contributed by atoms with Crippen LogP contribution in [0.1, 0.15) is 11.1 Å². The lowest BCUT2D eigenvalue weighted by Gasteiger charge is -2.26. The Morgan fingerprint density at radius 1 is 1.15 bits per heavy atom. The maximum Gasteiger partial charge on any atom is 0.416 e. The number of aromatic nitrogens is 3. The summed E-state index contributed by atoms with van der Waals surface area (Å²) in [6, 6.07) is 8.71. The normalized spacial score (nSPS) is 15.1. The third kappa shape index (κ3) is 3.08. The summed E-state index contributed by atoms with van der Waals surface area (Å²) >= 11 is 0. The van der Waals surface area contributed by atoms with Gasteiger partial charge in [-0.3, -0.25) is 0 Å². The van der Waals surface area contributed by atoms with Crippen LogP contribution in [0.2, 0.25) is 0 Å². The Hall–Kier alpha value is -3.12. The molecule has 3 aromatic rings. The number of morpholine rings is 1. The van der Waals surface area contributed by atoms with E-state index in [9.17, 15) is 18.4 Å². The zero-order valence-corrected chi connectivity index (χ0v) is 14.1. The second-order valence-electron chi connectivity index (χ2n) is 6.05. The highest BCUT2D eigenvalue weighted by atomic mass is 19.4.